The summed E-state index contributed by atoms with van der Waals surface area (Å²) in [6.45, 7) is 6.69. The summed E-state index contributed by atoms with van der Waals surface area (Å²) < 4.78 is 0. The molecular weight excluding hydrogens is 1040 g/mol. The Morgan fingerprint density at radius 2 is 1.04 bits per heavy atom. The molecule has 23 N–H and O–H groups in total. The number of rotatable bonds is 27. The summed E-state index contributed by atoms with van der Waals surface area (Å²) in [5.74, 6) is -11.1. The van der Waals surface area contributed by atoms with Crippen LogP contribution in [-0.4, -0.2) is 203 Å². The van der Waals surface area contributed by atoms with Gasteiger partial charge in [-0.2, -0.15) is 0 Å². The molecule has 30 nitrogen and oxygen atoms in total. The van der Waals surface area contributed by atoms with Crippen LogP contribution < -0.4 is 81.4 Å². The lowest BCUT2D eigenvalue weighted by Gasteiger charge is -2.29. The third-order valence-corrected chi connectivity index (χ3v) is 12.6. The molecule has 0 saturated carbocycles. The molecule has 0 aromatic carbocycles. The average molecular weight is 1130 g/mol. The Morgan fingerprint density at radius 3 is 1.52 bits per heavy atom. The fourth-order valence-corrected chi connectivity index (χ4v) is 8.10. The molecule has 0 radical (unpaired) electrons. The Hall–Kier alpha value is -6.15. The van der Waals surface area contributed by atoms with Gasteiger partial charge in [0.2, 0.25) is 65.0 Å². The number of aliphatic hydroxyl groups is 4. The highest BCUT2D eigenvalue weighted by molar-refractivity contribution is 5.99. The van der Waals surface area contributed by atoms with Gasteiger partial charge in [-0.1, -0.05) is 46.5 Å². The van der Waals surface area contributed by atoms with Crippen molar-refractivity contribution in [2.24, 2.45) is 28.9 Å². The van der Waals surface area contributed by atoms with Crippen molar-refractivity contribution >= 4 is 65.0 Å². The Kier molecular flexibility index (Phi) is 33.8. The van der Waals surface area contributed by atoms with Gasteiger partial charge < -0.3 is 102 Å². The van der Waals surface area contributed by atoms with E-state index in [-0.39, 0.29) is 70.6 Å². The molecule has 452 valence electrons. The maximum absolute atomic E-state index is 14.2. The van der Waals surface area contributed by atoms with Gasteiger partial charge in [-0.25, -0.2) is 0 Å². The average Bonchev–Trinajstić information content (AvgIpc) is 3.37. The van der Waals surface area contributed by atoms with Gasteiger partial charge >= 0.3 is 0 Å². The van der Waals surface area contributed by atoms with Crippen molar-refractivity contribution in [1.82, 2.24) is 58.5 Å². The van der Waals surface area contributed by atoms with E-state index >= 15 is 0 Å². The topological polar surface area (TPSA) is 505 Å². The van der Waals surface area contributed by atoms with Crippen molar-refractivity contribution in [3.8, 4) is 0 Å². The van der Waals surface area contributed by atoms with Gasteiger partial charge in [0.05, 0.1) is 24.9 Å². The maximum Gasteiger partial charge on any atom is 0.245 e. The molecule has 1 heterocycles. The normalized spacial score (nSPS) is 23.8. The highest BCUT2D eigenvalue weighted by atomic mass is 16.3. The van der Waals surface area contributed by atoms with Crippen LogP contribution in [0.3, 0.4) is 0 Å². The summed E-state index contributed by atoms with van der Waals surface area (Å²) in [6.07, 6.45) is -1.70. The zero-order valence-electron chi connectivity index (χ0n) is 46.4. The van der Waals surface area contributed by atoms with Crippen LogP contribution >= 0.6 is 0 Å². The van der Waals surface area contributed by atoms with Gasteiger partial charge in [0.15, 0.2) is 0 Å². The molecule has 1 rings (SSSR count). The highest BCUT2D eigenvalue weighted by Crippen LogP contribution is 2.11. The standard InChI is InChI=1S/C49H91N15O15/c1-7-8-9-10-11-12-36(69)55-29(13-18-50)43(73)63-39(28(6)68)49(79)61-35(24-65)46(76)58-33-17-22-54-47(77)37(26(4)66)62-44(74)32(16-21-53)57-40(70)31(15-20-52)59-48(78)38(27(5)67)64-45(75)34(23-25(2)3)60-41(71)30(14-19-51)56-42(33)72/h25-35,37-39,65-68H,7-24,50-53H2,1-6H3,(H,54,77)(H,55,69)(H,56,72)(H,57,70)(H,58,76)(H,59,78)(H,60,71)(H,61,79)(H,62,74)(H,63,73)(H,64,75)/t26-,27-,28-,29+,30+,31+,32+,33+,34-,35+,37+,38+,39+/m1/s1. The number of nitrogens with one attached hydrogen (secondary N) is 11. The summed E-state index contributed by atoms with van der Waals surface area (Å²) in [5.41, 5.74) is 23.1. The molecule has 1 aliphatic heterocycles. The first-order valence-electron chi connectivity index (χ1n) is 27.1. The van der Waals surface area contributed by atoms with Gasteiger partial charge in [0, 0.05) is 13.0 Å². The van der Waals surface area contributed by atoms with Crippen molar-refractivity contribution in [3.05, 3.63) is 0 Å². The number of hydrogen-bond acceptors (Lipinski definition) is 19. The SMILES string of the molecule is CCCCCCCC(=O)N[C@@H](CCN)C(=O)N[C@H](C(=O)N[C@@H](CO)C(=O)N[C@H]1CCNC(=O)[C@H]([C@@H](C)O)NC(=O)[C@H](CCN)NC(=O)[C@H](CCN)NC(=O)[C@H]([C@@H](C)O)NC(=O)[C@@H](CC(C)C)NC(=O)[C@H](CCN)NC1=O)[C@@H](C)O. The molecule has 0 bridgehead atoms. The van der Waals surface area contributed by atoms with Crippen LogP contribution in [0.25, 0.3) is 0 Å². The van der Waals surface area contributed by atoms with E-state index in [2.05, 4.69) is 58.5 Å². The van der Waals surface area contributed by atoms with Crippen LogP contribution in [0.5, 0.6) is 0 Å². The predicted molar refractivity (Wildman–Crippen MR) is 287 cm³/mol. The zero-order chi connectivity index (χ0) is 59.9. The molecule has 79 heavy (non-hydrogen) atoms. The number of unbranched alkanes of at least 4 members (excludes halogenated alkanes) is 4. The van der Waals surface area contributed by atoms with Crippen LogP contribution in [-0.2, 0) is 52.7 Å². The van der Waals surface area contributed by atoms with E-state index < -0.39 is 163 Å². The van der Waals surface area contributed by atoms with E-state index in [1.165, 1.54) is 6.92 Å². The van der Waals surface area contributed by atoms with Gasteiger partial charge in [-0.15, -0.1) is 0 Å². The Labute approximate surface area is 461 Å². The number of hydrogen-bond donors (Lipinski definition) is 19. The smallest absolute Gasteiger partial charge is 0.245 e. The minimum absolute atomic E-state index is 0.0429. The molecule has 1 fully saturated rings. The van der Waals surface area contributed by atoms with Crippen molar-refractivity contribution < 1.29 is 73.2 Å². The monoisotopic (exact) mass is 1130 g/mol. The fraction of sp³-hybridized carbons (Fsp3) is 0.776. The summed E-state index contributed by atoms with van der Waals surface area (Å²) in [7, 11) is 0. The number of carbonyl (C=O) groups is 11. The van der Waals surface area contributed by atoms with E-state index in [9.17, 15) is 73.2 Å². The quantitative estimate of drug-likeness (QED) is 0.0340. The van der Waals surface area contributed by atoms with Crippen molar-refractivity contribution in [1.29, 1.82) is 0 Å². The Balaban J connectivity index is 3.76. The van der Waals surface area contributed by atoms with Gasteiger partial charge in [0.25, 0.3) is 0 Å². The molecule has 0 unspecified atom stereocenters. The van der Waals surface area contributed by atoms with E-state index in [1.54, 1.807) is 13.8 Å². The molecule has 30 heteroatoms. The highest BCUT2D eigenvalue weighted by Gasteiger charge is 2.38. The number of carbonyl (C=O) groups excluding carboxylic acids is 11. The molecular formula is C49H91N15O15. The maximum atomic E-state index is 14.2. The van der Waals surface area contributed by atoms with Gasteiger partial charge in [-0.05, 0) is 97.8 Å². The second-order valence-electron chi connectivity index (χ2n) is 20.0. The number of aliphatic hydroxyl groups excluding tert-OH is 4. The molecule has 0 spiro atoms. The fourth-order valence-electron chi connectivity index (χ4n) is 8.10. The van der Waals surface area contributed by atoms with E-state index in [1.807, 2.05) is 6.92 Å². The molecule has 11 amide bonds. The second-order valence-corrected chi connectivity index (χ2v) is 20.0. The first kappa shape index (κ1) is 70.9. The van der Waals surface area contributed by atoms with Crippen LogP contribution in [0.1, 0.15) is 119 Å². The van der Waals surface area contributed by atoms with Crippen LogP contribution in [0.2, 0.25) is 0 Å². The molecule has 0 aromatic heterocycles. The summed E-state index contributed by atoms with van der Waals surface area (Å²) >= 11 is 0. The number of amides is 11. The van der Waals surface area contributed by atoms with Crippen LogP contribution in [0.15, 0.2) is 0 Å². The molecule has 0 aromatic rings. The van der Waals surface area contributed by atoms with Gasteiger partial charge in [-0.3, -0.25) is 52.7 Å². The lowest BCUT2D eigenvalue weighted by molar-refractivity contribution is -0.137. The summed E-state index contributed by atoms with van der Waals surface area (Å²) in [5, 5.41) is 68.9. The van der Waals surface area contributed by atoms with Crippen LogP contribution in [0, 0.1) is 5.92 Å². The molecule has 1 saturated heterocycles. The summed E-state index contributed by atoms with van der Waals surface area (Å²) in [4.78, 5) is 151. The first-order chi connectivity index (χ1) is 37.3. The van der Waals surface area contributed by atoms with E-state index in [0.29, 0.717) is 6.42 Å². The summed E-state index contributed by atoms with van der Waals surface area (Å²) in [6, 6.07) is -16.0. The Bertz CT molecular complexity index is 2000. The lowest BCUT2D eigenvalue weighted by Crippen LogP contribution is -2.62. The van der Waals surface area contributed by atoms with E-state index in [0.717, 1.165) is 39.5 Å². The molecule has 13 atom stereocenters. The van der Waals surface area contributed by atoms with Crippen molar-refractivity contribution in [2.45, 2.75) is 197 Å². The predicted octanol–water partition coefficient (Wildman–Crippen LogP) is -7.71. The van der Waals surface area contributed by atoms with Crippen molar-refractivity contribution in [3.63, 3.8) is 0 Å². The van der Waals surface area contributed by atoms with Crippen molar-refractivity contribution in [2.75, 3.05) is 39.3 Å². The minimum Gasteiger partial charge on any atom is -0.394 e. The van der Waals surface area contributed by atoms with E-state index in [4.69, 9.17) is 22.9 Å². The minimum atomic E-state index is -1.90. The zero-order valence-corrected chi connectivity index (χ0v) is 46.4. The second kappa shape index (κ2) is 37.7. The first-order valence-corrected chi connectivity index (χ1v) is 27.1. The third kappa shape index (κ3) is 25.7. The lowest BCUT2D eigenvalue weighted by atomic mass is 10.0. The largest absolute Gasteiger partial charge is 0.394 e. The number of nitrogens with two attached hydrogens (primary N) is 4. The Morgan fingerprint density at radius 1 is 0.557 bits per heavy atom. The van der Waals surface area contributed by atoms with Gasteiger partial charge in [0.1, 0.15) is 60.4 Å². The molecule has 0 aliphatic carbocycles. The molecule has 1 aliphatic rings. The third-order valence-electron chi connectivity index (χ3n) is 12.6. The van der Waals surface area contributed by atoms with Crippen LogP contribution in [0.4, 0.5) is 0 Å².